The molecule has 5 aliphatic rings. The molecule has 1 spiro atoms. The van der Waals surface area contributed by atoms with Gasteiger partial charge in [-0.3, -0.25) is 28.8 Å². The summed E-state index contributed by atoms with van der Waals surface area (Å²) in [6.07, 6.45) is 6.80. The van der Waals surface area contributed by atoms with E-state index < -0.39 is 18.0 Å². The molecule has 360 valence electrons. The number of carbonyl (C=O) groups excluding carboxylic acids is 2. The molecule has 3 saturated heterocycles. The minimum absolute atomic E-state index is 0.0668. The van der Waals surface area contributed by atoms with E-state index in [1.807, 2.05) is 48.5 Å². The number of hydrogen-bond acceptors (Lipinski definition) is 14. The number of piperidine rings is 2. The minimum atomic E-state index is -2.95. The lowest BCUT2D eigenvalue weighted by Crippen LogP contribution is -2.70. The Balaban J connectivity index is 0.712. The van der Waals surface area contributed by atoms with Crippen molar-refractivity contribution in [3.63, 3.8) is 0 Å². The number of aliphatic hydroxyl groups is 3. The number of anilines is 4. The van der Waals surface area contributed by atoms with Gasteiger partial charge in [-0.25, -0.2) is 29.0 Å². The van der Waals surface area contributed by atoms with Gasteiger partial charge in [0.25, 0.3) is 5.56 Å². The molecule has 2 aliphatic carbocycles. The number of amides is 2. The average Bonchev–Trinajstić information content (AvgIpc) is 3.93. The molecule has 19 heteroatoms. The van der Waals surface area contributed by atoms with E-state index in [-0.39, 0.29) is 53.9 Å². The van der Waals surface area contributed by atoms with Crippen molar-refractivity contribution in [3.05, 3.63) is 106 Å². The molecule has 2 atom stereocenters. The smallest absolute Gasteiger partial charge is 0.346 e. The Morgan fingerprint density at radius 2 is 1.71 bits per heavy atom. The number of nitrogens with one attached hydrogen (secondary N) is 2. The van der Waals surface area contributed by atoms with Crippen LogP contribution in [0, 0.1) is 11.3 Å². The molecule has 7 heterocycles. The Morgan fingerprint density at radius 1 is 0.942 bits per heavy atom. The summed E-state index contributed by atoms with van der Waals surface area (Å²) in [4.78, 5) is 72.0. The van der Waals surface area contributed by atoms with Crippen LogP contribution in [0.1, 0.15) is 81.5 Å². The quantitative estimate of drug-likeness (QED) is 0.0633. The lowest BCUT2D eigenvalue weighted by atomic mass is 9.60. The molecule has 6 aromatic rings. The first-order chi connectivity index (χ1) is 33.2. The van der Waals surface area contributed by atoms with Gasteiger partial charge in [0.2, 0.25) is 17.8 Å². The number of fused-ring (bicyclic) bond motifs is 3. The zero-order chi connectivity index (χ0) is 47.9. The number of para-hydroxylation sites is 1. The van der Waals surface area contributed by atoms with E-state index in [1.165, 1.54) is 15.0 Å². The molecule has 4 fully saturated rings. The number of pyridine rings is 1. The van der Waals surface area contributed by atoms with Crippen LogP contribution in [0.2, 0.25) is 0 Å². The predicted octanol–water partition coefficient (Wildman–Crippen LogP) is 3.75. The topological polar surface area (TPSA) is 221 Å². The van der Waals surface area contributed by atoms with Gasteiger partial charge in [-0.05, 0) is 105 Å². The number of carbonyl (C=O) groups is 2. The molecule has 19 nitrogen and oxygen atoms in total. The van der Waals surface area contributed by atoms with Gasteiger partial charge in [0.1, 0.15) is 11.4 Å². The van der Waals surface area contributed by atoms with Gasteiger partial charge >= 0.3 is 11.8 Å². The van der Waals surface area contributed by atoms with Crippen LogP contribution < -0.4 is 31.7 Å². The summed E-state index contributed by atoms with van der Waals surface area (Å²) in [6.45, 7) is 9.63. The maximum absolute atomic E-state index is 13.6. The molecule has 2 unspecified atom stereocenters. The van der Waals surface area contributed by atoms with Crippen molar-refractivity contribution < 1.29 is 24.9 Å². The molecule has 1 saturated carbocycles. The number of imide groups is 1. The zero-order valence-corrected chi connectivity index (χ0v) is 38.9. The molecular formula is C50H58N12O7. The van der Waals surface area contributed by atoms with E-state index in [2.05, 4.69) is 45.0 Å². The van der Waals surface area contributed by atoms with Crippen molar-refractivity contribution in [1.82, 2.24) is 43.7 Å². The lowest BCUT2D eigenvalue weighted by molar-refractivity contribution is -0.409. The maximum Gasteiger partial charge on any atom is 0.346 e. The third kappa shape index (κ3) is 7.80. The first-order valence-corrected chi connectivity index (χ1v) is 24.2. The fourth-order valence-electron chi connectivity index (χ4n) is 12.0. The van der Waals surface area contributed by atoms with E-state index in [1.54, 1.807) is 33.3 Å². The molecule has 5 N–H and O–H groups in total. The number of aryl methyl sites for hydroxylation is 2. The Bertz CT molecular complexity index is 3130. The number of hydrogen-bond donors (Lipinski definition) is 5. The second-order valence-electron chi connectivity index (χ2n) is 19.9. The first kappa shape index (κ1) is 44.8. The summed E-state index contributed by atoms with van der Waals surface area (Å²) in [5, 5.41) is 37.9. The van der Waals surface area contributed by atoms with Crippen LogP contribution in [0.5, 0.6) is 0 Å². The largest absolute Gasteiger partial charge is 0.372 e. The molecule has 69 heavy (non-hydrogen) atoms. The number of allylic oxidation sites excluding steroid dienone is 1. The van der Waals surface area contributed by atoms with Crippen molar-refractivity contribution in [1.29, 1.82) is 0 Å². The third-order valence-corrected chi connectivity index (χ3v) is 15.6. The van der Waals surface area contributed by atoms with Gasteiger partial charge in [0.15, 0.2) is 11.5 Å². The molecule has 11 rings (SSSR count). The van der Waals surface area contributed by atoms with Crippen molar-refractivity contribution in [3.8, 4) is 5.82 Å². The van der Waals surface area contributed by atoms with Crippen molar-refractivity contribution in [2.75, 3.05) is 47.8 Å². The highest BCUT2D eigenvalue weighted by Crippen LogP contribution is 2.53. The van der Waals surface area contributed by atoms with E-state index in [9.17, 15) is 34.5 Å². The van der Waals surface area contributed by atoms with Gasteiger partial charge in [0.05, 0.1) is 23.3 Å². The number of imidazole rings is 1. The summed E-state index contributed by atoms with van der Waals surface area (Å²) in [7, 11) is 1.70. The van der Waals surface area contributed by atoms with Crippen molar-refractivity contribution in [2.45, 2.75) is 95.4 Å². The van der Waals surface area contributed by atoms with Gasteiger partial charge in [-0.15, -0.1) is 6.58 Å². The first-order valence-electron chi connectivity index (χ1n) is 24.2. The van der Waals surface area contributed by atoms with Crippen LogP contribution in [-0.2, 0) is 29.6 Å². The maximum atomic E-state index is 13.6. The zero-order valence-electron chi connectivity index (χ0n) is 38.9. The number of rotatable bonds is 13. The van der Waals surface area contributed by atoms with Gasteiger partial charge in [-0.1, -0.05) is 25.1 Å². The third-order valence-electron chi connectivity index (χ3n) is 15.6. The molecular weight excluding hydrogens is 881 g/mol. The van der Waals surface area contributed by atoms with Crippen LogP contribution in [0.25, 0.3) is 27.9 Å². The molecule has 4 aromatic heterocycles. The number of benzene rings is 2. The summed E-state index contributed by atoms with van der Waals surface area (Å²) in [6, 6.07) is 16.8. The van der Waals surface area contributed by atoms with Gasteiger partial charge in [-0.2, -0.15) is 4.98 Å². The second kappa shape index (κ2) is 17.1. The number of nitrogens with zero attached hydrogens (tertiary/aromatic N) is 10. The van der Waals surface area contributed by atoms with Crippen LogP contribution in [0.3, 0.4) is 0 Å². The summed E-state index contributed by atoms with van der Waals surface area (Å²) in [5.74, 6) is 0.710. The van der Waals surface area contributed by atoms with Crippen LogP contribution in [-0.4, -0.2) is 110 Å². The van der Waals surface area contributed by atoms with E-state index in [0.717, 1.165) is 73.5 Å². The van der Waals surface area contributed by atoms with Crippen molar-refractivity contribution >= 4 is 56.9 Å². The van der Waals surface area contributed by atoms with Crippen molar-refractivity contribution in [2.24, 2.45) is 18.4 Å². The fourth-order valence-corrected chi connectivity index (χ4v) is 12.0. The van der Waals surface area contributed by atoms with Crippen LogP contribution in [0.15, 0.2) is 83.0 Å². The average molecular weight is 939 g/mol. The van der Waals surface area contributed by atoms with E-state index in [0.29, 0.717) is 66.7 Å². The molecule has 3 aliphatic heterocycles. The normalized spacial score (nSPS) is 20.7. The monoisotopic (exact) mass is 938 g/mol. The van der Waals surface area contributed by atoms with E-state index in [4.69, 9.17) is 9.97 Å². The SMILES string of the molecule is C=CCn1c(=O)c2cnc(Nc3ccc(N4CCC(CN(C5CC6(C5)CN(c5cccc7c5n(C)c(=O)n7C5CCC(=O)NC5=O)C6)C(O)(O)O)CC4)cc3)nc2n1-c1ccc2c(n1)C(CC)CC2. The number of aromatic nitrogens is 7. The fraction of sp³-hybridized carbons (Fsp3) is 0.460. The summed E-state index contributed by atoms with van der Waals surface area (Å²) >= 11 is 0. The molecule has 0 radical (unpaired) electrons. The molecule has 2 aromatic carbocycles. The Hall–Kier alpha value is -6.67. The summed E-state index contributed by atoms with van der Waals surface area (Å²) < 4.78 is 6.44. The molecule has 2 amide bonds. The van der Waals surface area contributed by atoms with Gasteiger partial charge in [0, 0.05) is 86.8 Å². The second-order valence-corrected chi connectivity index (χ2v) is 19.9. The van der Waals surface area contributed by atoms with Crippen LogP contribution >= 0.6 is 0 Å². The standard InChI is InChI=1S/C50H58N12O7/c1-4-21-60-46(65)36-26-51-47(55-44(36)62(60)40-17-11-32-10-9-31(5-2)42(32)53-40)52-33-12-14-34(15-13-33)57-22-19-30(20-23-57)27-59(50(67,68)69)35-24-49(25-35)28-58(29-49)37-7-6-8-38-43(37)56(3)48(66)61(38)39-16-18-41(63)54-45(39)64/h4,6-8,11-15,17,26,30-31,35,39,67-69H,1,5,9-10,16,18-25,27-29H2,2-3H3,(H,51,52,55)(H,54,63,64). The highest BCUT2D eigenvalue weighted by Gasteiger charge is 2.57. The predicted molar refractivity (Wildman–Crippen MR) is 259 cm³/mol. The van der Waals surface area contributed by atoms with Gasteiger partial charge < -0.3 is 30.4 Å². The minimum Gasteiger partial charge on any atom is -0.372 e. The van der Waals surface area contributed by atoms with E-state index >= 15 is 0 Å². The Labute approximate surface area is 397 Å². The molecule has 0 bridgehead atoms. The lowest BCUT2D eigenvalue weighted by Gasteiger charge is -2.62. The summed E-state index contributed by atoms with van der Waals surface area (Å²) in [5.41, 5.74) is 6.29. The Kier molecular flexibility index (Phi) is 11.1. The highest BCUT2D eigenvalue weighted by atomic mass is 16.7. The Morgan fingerprint density at radius 3 is 2.42 bits per heavy atom. The van der Waals surface area contributed by atoms with Crippen LogP contribution in [0.4, 0.5) is 23.0 Å². The highest BCUT2D eigenvalue weighted by molar-refractivity contribution is 6.00.